The molecule has 1 atom stereocenters. The van der Waals surface area contributed by atoms with E-state index in [0.717, 1.165) is 12.0 Å². The van der Waals surface area contributed by atoms with Crippen molar-refractivity contribution in [2.45, 2.75) is 19.4 Å². The Balaban J connectivity index is 1.82. The third-order valence-electron chi connectivity index (χ3n) is 4.45. The molecule has 24 heavy (non-hydrogen) atoms. The highest BCUT2D eigenvalue weighted by atomic mass is 16.5. The molecule has 3 rings (SSSR count). The molecule has 2 N–H and O–H groups in total. The zero-order valence-corrected chi connectivity index (χ0v) is 13.9. The second-order valence-electron chi connectivity index (χ2n) is 6.00. The first-order valence-electron chi connectivity index (χ1n) is 8.28. The third kappa shape index (κ3) is 3.37. The van der Waals surface area contributed by atoms with Crippen LogP contribution in [0.5, 0.6) is 5.75 Å². The zero-order valence-electron chi connectivity index (χ0n) is 13.9. The number of benzene rings is 1. The van der Waals surface area contributed by atoms with Gasteiger partial charge in [-0.15, -0.1) is 0 Å². The first kappa shape index (κ1) is 16.7. The highest BCUT2D eigenvalue weighted by molar-refractivity contribution is 6.02. The first-order chi connectivity index (χ1) is 11.6. The molecule has 2 heterocycles. The molecule has 2 aliphatic rings. The smallest absolute Gasteiger partial charge is 0.265 e. The van der Waals surface area contributed by atoms with Crippen molar-refractivity contribution in [2.75, 3.05) is 44.4 Å². The first-order valence-corrected chi connectivity index (χ1v) is 8.28. The molecule has 0 unspecified atom stereocenters. The van der Waals surface area contributed by atoms with Crippen LogP contribution in [0.25, 0.3) is 0 Å². The summed E-state index contributed by atoms with van der Waals surface area (Å²) in [6, 6.07) is 5.47. The van der Waals surface area contributed by atoms with Gasteiger partial charge in [0, 0.05) is 19.1 Å². The lowest BCUT2D eigenvalue weighted by Crippen LogP contribution is -2.49. The lowest BCUT2D eigenvalue weighted by molar-refractivity contribution is -0.135. The minimum Gasteiger partial charge on any atom is -0.482 e. The fourth-order valence-electron chi connectivity index (χ4n) is 2.91. The molecule has 1 aromatic carbocycles. The summed E-state index contributed by atoms with van der Waals surface area (Å²) in [6.07, 6.45) is 0.792. The van der Waals surface area contributed by atoms with E-state index in [0.29, 0.717) is 37.7 Å². The molecule has 7 nitrogen and oxygen atoms in total. The van der Waals surface area contributed by atoms with Gasteiger partial charge in [0.25, 0.3) is 5.91 Å². The zero-order chi connectivity index (χ0) is 17.1. The van der Waals surface area contributed by atoms with Crippen LogP contribution >= 0.6 is 0 Å². The fourth-order valence-corrected chi connectivity index (χ4v) is 2.91. The normalized spacial score (nSPS) is 18.8. The van der Waals surface area contributed by atoms with Gasteiger partial charge in [0.1, 0.15) is 12.3 Å². The van der Waals surface area contributed by atoms with Crippen LogP contribution in [0.2, 0.25) is 0 Å². The van der Waals surface area contributed by atoms with Crippen LogP contribution in [-0.4, -0.2) is 56.2 Å². The quantitative estimate of drug-likeness (QED) is 0.876. The molecule has 0 aromatic heterocycles. The number of rotatable bonds is 4. The van der Waals surface area contributed by atoms with Crippen molar-refractivity contribution in [2.24, 2.45) is 5.73 Å². The van der Waals surface area contributed by atoms with E-state index in [-0.39, 0.29) is 31.0 Å². The maximum Gasteiger partial charge on any atom is 0.265 e. The largest absolute Gasteiger partial charge is 0.482 e. The lowest BCUT2D eigenvalue weighted by Gasteiger charge is -2.33. The summed E-state index contributed by atoms with van der Waals surface area (Å²) in [6.45, 7) is 4.16. The van der Waals surface area contributed by atoms with Gasteiger partial charge < -0.3 is 20.1 Å². The van der Waals surface area contributed by atoms with Gasteiger partial charge in [0.2, 0.25) is 5.91 Å². The highest BCUT2D eigenvalue weighted by Gasteiger charge is 2.30. The van der Waals surface area contributed by atoms with E-state index in [1.54, 1.807) is 4.90 Å². The molecular formula is C17H23N3O4. The Kier molecular flexibility index (Phi) is 5.01. The summed E-state index contributed by atoms with van der Waals surface area (Å²) in [4.78, 5) is 28.0. The van der Waals surface area contributed by atoms with Crippen molar-refractivity contribution in [1.29, 1.82) is 0 Å². The van der Waals surface area contributed by atoms with Gasteiger partial charge in [0.15, 0.2) is 6.61 Å². The van der Waals surface area contributed by atoms with Crippen molar-refractivity contribution in [3.05, 3.63) is 23.8 Å². The Bertz CT molecular complexity index is 628. The molecule has 7 heteroatoms. The Morgan fingerprint density at radius 3 is 2.79 bits per heavy atom. The number of amides is 2. The van der Waals surface area contributed by atoms with Gasteiger partial charge in [-0.3, -0.25) is 14.5 Å². The van der Waals surface area contributed by atoms with Gasteiger partial charge >= 0.3 is 0 Å². The molecule has 0 bridgehead atoms. The molecule has 0 saturated carbocycles. The standard InChI is InChI=1S/C17H23N3O4/c1-2-13(18)12-3-4-15-14(9-12)20(17(22)11-24-15)10-16(21)19-5-7-23-8-6-19/h3-4,9,13H,2,5-8,10-11,18H2,1H3/t13-/m1/s1. The number of nitrogens with two attached hydrogens (primary N) is 1. The Hall–Kier alpha value is -2.12. The van der Waals surface area contributed by atoms with Crippen LogP contribution in [0.15, 0.2) is 18.2 Å². The molecule has 0 spiro atoms. The number of morpholine rings is 1. The molecular weight excluding hydrogens is 310 g/mol. The molecule has 1 saturated heterocycles. The van der Waals surface area contributed by atoms with Crippen molar-refractivity contribution in [1.82, 2.24) is 4.90 Å². The molecule has 1 fully saturated rings. The summed E-state index contributed by atoms with van der Waals surface area (Å²) < 4.78 is 10.7. The van der Waals surface area contributed by atoms with E-state index in [1.807, 2.05) is 25.1 Å². The van der Waals surface area contributed by atoms with Crippen LogP contribution in [0.1, 0.15) is 24.9 Å². The predicted molar refractivity (Wildman–Crippen MR) is 88.9 cm³/mol. The number of fused-ring (bicyclic) bond motifs is 1. The van der Waals surface area contributed by atoms with Crippen LogP contribution < -0.4 is 15.4 Å². The molecule has 2 aliphatic heterocycles. The third-order valence-corrected chi connectivity index (χ3v) is 4.45. The van der Waals surface area contributed by atoms with Gasteiger partial charge in [-0.05, 0) is 24.1 Å². The molecule has 2 amide bonds. The lowest BCUT2D eigenvalue weighted by atomic mass is 10.0. The number of nitrogens with zero attached hydrogens (tertiary/aromatic N) is 2. The van der Waals surface area contributed by atoms with E-state index in [2.05, 4.69) is 0 Å². The van der Waals surface area contributed by atoms with Crippen molar-refractivity contribution in [3.63, 3.8) is 0 Å². The number of carbonyl (C=O) groups is 2. The number of carbonyl (C=O) groups excluding carboxylic acids is 2. The van der Waals surface area contributed by atoms with Gasteiger partial charge in [0.05, 0.1) is 18.9 Å². The number of ether oxygens (including phenoxy) is 2. The SMILES string of the molecule is CC[C@@H](N)c1ccc2c(c1)N(CC(=O)N1CCOCC1)C(=O)CO2. The second-order valence-corrected chi connectivity index (χ2v) is 6.00. The average Bonchev–Trinajstić information content (AvgIpc) is 2.63. The van der Waals surface area contributed by atoms with Gasteiger partial charge in [-0.2, -0.15) is 0 Å². The minimum absolute atomic E-state index is 0.0139. The number of hydrogen-bond donors (Lipinski definition) is 1. The van der Waals surface area contributed by atoms with Crippen LogP contribution in [0.3, 0.4) is 0 Å². The van der Waals surface area contributed by atoms with Crippen LogP contribution in [0.4, 0.5) is 5.69 Å². The van der Waals surface area contributed by atoms with E-state index in [9.17, 15) is 9.59 Å². The maximum absolute atomic E-state index is 12.5. The highest BCUT2D eigenvalue weighted by Crippen LogP contribution is 2.34. The van der Waals surface area contributed by atoms with Crippen molar-refractivity contribution >= 4 is 17.5 Å². The molecule has 130 valence electrons. The van der Waals surface area contributed by atoms with Crippen LogP contribution in [0, 0.1) is 0 Å². The fraction of sp³-hybridized carbons (Fsp3) is 0.529. The summed E-state index contributed by atoms with van der Waals surface area (Å²) in [7, 11) is 0. The summed E-state index contributed by atoms with van der Waals surface area (Å²) >= 11 is 0. The van der Waals surface area contributed by atoms with Gasteiger partial charge in [-0.1, -0.05) is 13.0 Å². The van der Waals surface area contributed by atoms with E-state index in [4.69, 9.17) is 15.2 Å². The summed E-state index contributed by atoms with van der Waals surface area (Å²) in [5.74, 6) is 0.312. The molecule has 0 aliphatic carbocycles. The van der Waals surface area contributed by atoms with Gasteiger partial charge in [-0.25, -0.2) is 0 Å². The van der Waals surface area contributed by atoms with Crippen molar-refractivity contribution in [3.8, 4) is 5.75 Å². The topological polar surface area (TPSA) is 85.1 Å². The van der Waals surface area contributed by atoms with Crippen LogP contribution in [-0.2, 0) is 14.3 Å². The minimum atomic E-state index is -0.216. The summed E-state index contributed by atoms with van der Waals surface area (Å²) in [5, 5.41) is 0. The predicted octanol–water partition coefficient (Wildman–Crippen LogP) is 0.681. The maximum atomic E-state index is 12.5. The van der Waals surface area contributed by atoms with E-state index < -0.39 is 0 Å². The number of hydrogen-bond acceptors (Lipinski definition) is 5. The Morgan fingerprint density at radius 1 is 1.33 bits per heavy atom. The Morgan fingerprint density at radius 2 is 2.08 bits per heavy atom. The van der Waals surface area contributed by atoms with Crippen molar-refractivity contribution < 1.29 is 19.1 Å². The average molecular weight is 333 g/mol. The van der Waals surface area contributed by atoms with E-state index in [1.165, 1.54) is 4.90 Å². The monoisotopic (exact) mass is 333 g/mol. The van der Waals surface area contributed by atoms with E-state index >= 15 is 0 Å². The Labute approximate surface area is 141 Å². The summed E-state index contributed by atoms with van der Waals surface area (Å²) in [5.41, 5.74) is 7.64. The molecule has 0 radical (unpaired) electrons. The second kappa shape index (κ2) is 7.19. The molecule has 1 aromatic rings. The number of anilines is 1.